The number of nitrogens with zero attached hydrogens (tertiary/aromatic N) is 1. The van der Waals surface area contributed by atoms with Gasteiger partial charge >= 0.3 is 17.0 Å². The van der Waals surface area contributed by atoms with Gasteiger partial charge in [0.05, 0.1) is 33.8 Å². The zero-order chi connectivity index (χ0) is 16.4. The number of carboxylic acid groups (broad SMARTS) is 2. The number of nitrogens with one attached hydrogen (secondary N) is 1. The van der Waals surface area contributed by atoms with Crippen LogP contribution in [0.2, 0.25) is 0 Å². The highest BCUT2D eigenvalue weighted by Gasteiger charge is 2.39. The number of carboxylic acids is 2. The van der Waals surface area contributed by atoms with Crippen LogP contribution in [-0.2, 0) is 20.8 Å². The van der Waals surface area contributed by atoms with E-state index in [1.165, 1.54) is 18.4 Å². The molecule has 0 saturated heterocycles. The molecule has 1 atom stereocenters. The Kier molecular flexibility index (Phi) is 4.38. The van der Waals surface area contributed by atoms with Crippen LogP contribution in [0.25, 0.3) is 0 Å². The quantitative estimate of drug-likeness (QED) is 0.392. The number of aromatic nitrogens is 1. The Morgan fingerprint density at radius 3 is 2.27 bits per heavy atom. The summed E-state index contributed by atoms with van der Waals surface area (Å²) >= 11 is -1.72. The van der Waals surface area contributed by atoms with Crippen molar-refractivity contribution in [3.05, 3.63) is 52.6 Å². The van der Waals surface area contributed by atoms with E-state index in [9.17, 15) is 29.6 Å². The van der Waals surface area contributed by atoms with Crippen LogP contribution in [0.5, 0.6) is 0 Å². The molecule has 2 heterocycles. The molecule has 0 saturated carbocycles. The number of carbonyl (C=O) groups is 2. The number of hydrogen-bond acceptors (Lipinski definition) is 5. The fourth-order valence-electron chi connectivity index (χ4n) is 2.26. The van der Waals surface area contributed by atoms with E-state index in [4.69, 9.17) is 0 Å². The second-order valence-corrected chi connectivity index (χ2v) is 5.75. The number of pyridine rings is 1. The molecule has 0 radical (unpaired) electrons. The molecule has 3 N–H and O–H groups in total. The second kappa shape index (κ2) is 6.08. The molecule has 1 aromatic heterocycles. The molecule has 0 amide bonds. The van der Waals surface area contributed by atoms with Gasteiger partial charge in [-0.3, -0.25) is 0 Å². The highest BCUT2D eigenvalue weighted by Crippen LogP contribution is 2.36. The van der Waals surface area contributed by atoms with E-state index in [2.05, 4.69) is 5.32 Å². The summed E-state index contributed by atoms with van der Waals surface area (Å²) in [4.78, 5) is 22.8. The highest BCUT2D eigenvalue weighted by molar-refractivity contribution is 7.90. The molecular formula is C13H12N2O6S. The lowest BCUT2D eigenvalue weighted by atomic mass is 9.84. The van der Waals surface area contributed by atoms with Crippen LogP contribution in [0.4, 0.5) is 0 Å². The van der Waals surface area contributed by atoms with E-state index in [0.717, 1.165) is 18.6 Å². The lowest BCUT2D eigenvalue weighted by Crippen LogP contribution is -2.37. The van der Waals surface area contributed by atoms with Crippen molar-refractivity contribution in [3.8, 4) is 0 Å². The summed E-state index contributed by atoms with van der Waals surface area (Å²) in [5.41, 5.74) is -0.419. The Labute approximate surface area is 128 Å². The van der Waals surface area contributed by atoms with Gasteiger partial charge in [-0.15, -0.1) is 4.73 Å². The maximum atomic E-state index is 11.9. The van der Waals surface area contributed by atoms with Crippen LogP contribution in [0, 0.1) is 5.21 Å². The molecule has 22 heavy (non-hydrogen) atoms. The average Bonchev–Trinajstić information content (AvgIpc) is 2.45. The first-order valence-corrected chi connectivity index (χ1v) is 7.58. The number of aliphatic carboxylic acids is 2. The third-order valence-corrected chi connectivity index (χ3v) is 4.08. The van der Waals surface area contributed by atoms with E-state index < -0.39 is 29.0 Å². The predicted molar refractivity (Wildman–Crippen MR) is 75.0 cm³/mol. The Balaban J connectivity index is 2.69. The van der Waals surface area contributed by atoms with Crippen LogP contribution in [0.1, 0.15) is 11.5 Å². The van der Waals surface area contributed by atoms with E-state index in [1.807, 2.05) is 0 Å². The van der Waals surface area contributed by atoms with Crippen molar-refractivity contribution in [1.29, 1.82) is 0 Å². The Morgan fingerprint density at radius 2 is 1.82 bits per heavy atom. The molecule has 8 nitrogen and oxygen atoms in total. The van der Waals surface area contributed by atoms with Gasteiger partial charge in [0.15, 0.2) is 6.20 Å². The molecule has 0 bridgehead atoms. The van der Waals surface area contributed by atoms with Gasteiger partial charge in [-0.1, -0.05) is 0 Å². The van der Waals surface area contributed by atoms with Crippen molar-refractivity contribution in [2.45, 2.75) is 10.9 Å². The molecule has 1 aromatic rings. The van der Waals surface area contributed by atoms with E-state index in [0.29, 0.717) is 4.73 Å². The van der Waals surface area contributed by atoms with Crippen molar-refractivity contribution in [1.82, 2.24) is 5.32 Å². The molecule has 116 valence electrons. The van der Waals surface area contributed by atoms with Gasteiger partial charge in [0.1, 0.15) is 6.26 Å². The van der Waals surface area contributed by atoms with Crippen LogP contribution >= 0.6 is 0 Å². The van der Waals surface area contributed by atoms with Gasteiger partial charge in [-0.05, 0) is 6.07 Å². The zero-order valence-electron chi connectivity index (χ0n) is 11.3. The van der Waals surface area contributed by atoms with Crippen LogP contribution in [0.15, 0.2) is 46.9 Å². The SMILES string of the molecule is C[S+]([O-])c1c(C2C(C(=O)O)=CNC=C2C(=O)O)ccc[n+]1[O-]. The van der Waals surface area contributed by atoms with E-state index >= 15 is 0 Å². The first kappa shape index (κ1) is 15.9. The molecule has 0 aliphatic carbocycles. The molecular weight excluding hydrogens is 312 g/mol. The fourth-order valence-corrected chi connectivity index (χ4v) is 3.10. The molecule has 2 rings (SSSR count). The summed E-state index contributed by atoms with van der Waals surface area (Å²) in [6, 6.07) is 2.74. The molecule has 0 aromatic carbocycles. The molecule has 1 unspecified atom stereocenters. The van der Waals surface area contributed by atoms with Gasteiger partial charge in [0.25, 0.3) is 0 Å². The summed E-state index contributed by atoms with van der Waals surface area (Å²) in [6.07, 6.45) is 4.67. The van der Waals surface area contributed by atoms with Crippen molar-refractivity contribution >= 4 is 23.1 Å². The highest BCUT2D eigenvalue weighted by atomic mass is 32.2. The Bertz CT molecular complexity index is 668. The smallest absolute Gasteiger partial charge is 0.397 e. The van der Waals surface area contributed by atoms with Crippen molar-refractivity contribution < 1.29 is 29.1 Å². The van der Waals surface area contributed by atoms with Gasteiger partial charge in [0, 0.05) is 18.5 Å². The fraction of sp³-hybridized carbons (Fsp3) is 0.154. The normalized spacial score (nSPS) is 16.3. The molecule has 0 fully saturated rings. The number of hydrogen-bond donors (Lipinski definition) is 3. The first-order chi connectivity index (χ1) is 10.3. The third-order valence-electron chi connectivity index (χ3n) is 3.12. The zero-order valence-corrected chi connectivity index (χ0v) is 12.2. The van der Waals surface area contributed by atoms with Gasteiger partial charge < -0.3 is 25.3 Å². The van der Waals surface area contributed by atoms with Crippen LogP contribution in [-0.4, -0.2) is 33.0 Å². The van der Waals surface area contributed by atoms with Gasteiger partial charge in [0.2, 0.25) is 0 Å². The summed E-state index contributed by atoms with van der Waals surface area (Å²) in [6.45, 7) is 0. The van der Waals surface area contributed by atoms with Crippen molar-refractivity contribution in [2.75, 3.05) is 6.26 Å². The standard InChI is InChI=1S/C13H12N2O6S/c1-22(21)11-7(3-2-4-15(11)20)10-8(12(16)17)5-14-6-9(10)13(18)19/h2-6,10,14H,1H3,(H,16,17)(H,18,19). The van der Waals surface area contributed by atoms with Gasteiger partial charge in [-0.2, -0.15) is 0 Å². The lowest BCUT2D eigenvalue weighted by molar-refractivity contribution is -0.647. The van der Waals surface area contributed by atoms with Crippen LogP contribution in [0.3, 0.4) is 0 Å². The predicted octanol–water partition coefficient (Wildman–Crippen LogP) is -0.319. The minimum Gasteiger partial charge on any atom is -0.615 e. The Hall–Kier alpha value is -2.52. The molecule has 1 aliphatic rings. The monoisotopic (exact) mass is 324 g/mol. The number of rotatable bonds is 4. The van der Waals surface area contributed by atoms with E-state index in [-0.39, 0.29) is 21.7 Å². The topological polar surface area (TPSA) is 137 Å². The largest absolute Gasteiger partial charge is 0.615 e. The Morgan fingerprint density at radius 1 is 1.27 bits per heavy atom. The van der Waals surface area contributed by atoms with E-state index in [1.54, 1.807) is 0 Å². The summed E-state index contributed by atoms with van der Waals surface area (Å²) in [7, 11) is 0. The molecule has 9 heteroatoms. The van der Waals surface area contributed by atoms with Gasteiger partial charge in [-0.25, -0.2) is 9.59 Å². The maximum absolute atomic E-state index is 11.9. The minimum atomic E-state index is -1.72. The lowest BCUT2D eigenvalue weighted by Gasteiger charge is -2.22. The van der Waals surface area contributed by atoms with Crippen molar-refractivity contribution in [2.24, 2.45) is 0 Å². The maximum Gasteiger partial charge on any atom is 0.397 e. The summed E-state index contributed by atoms with van der Waals surface area (Å²) in [5.74, 6) is -3.87. The van der Waals surface area contributed by atoms with Crippen molar-refractivity contribution in [3.63, 3.8) is 0 Å². The minimum absolute atomic E-state index is 0.0853. The number of dihydropyridines is 1. The molecule has 1 aliphatic heterocycles. The third kappa shape index (κ3) is 2.76. The average molecular weight is 324 g/mol. The second-order valence-electron chi connectivity index (χ2n) is 4.46. The molecule has 0 spiro atoms. The van der Waals surface area contributed by atoms with Crippen LogP contribution < -0.4 is 10.0 Å². The summed E-state index contributed by atoms with van der Waals surface area (Å²) in [5, 5.41) is 32.7. The summed E-state index contributed by atoms with van der Waals surface area (Å²) < 4.78 is 12.2. The first-order valence-electron chi connectivity index (χ1n) is 6.02.